The summed E-state index contributed by atoms with van der Waals surface area (Å²) in [5.41, 5.74) is 2.22. The quantitative estimate of drug-likeness (QED) is 0.849. The van der Waals surface area contributed by atoms with Crippen LogP contribution in [0.2, 0.25) is 0 Å². The highest BCUT2D eigenvalue weighted by molar-refractivity contribution is 6.01. The maximum Gasteiger partial charge on any atom is 0.170 e. The number of methoxy groups -OCH3 is 2. The topological polar surface area (TPSA) is 61.6 Å². The molecule has 1 heterocycles. The van der Waals surface area contributed by atoms with E-state index in [0.29, 0.717) is 29.2 Å². The van der Waals surface area contributed by atoms with Crippen LogP contribution >= 0.6 is 0 Å². The number of ether oxygens (including phenoxy) is 2. The van der Waals surface area contributed by atoms with Gasteiger partial charge in [0.15, 0.2) is 23.0 Å². The molecule has 0 radical (unpaired) electrons. The van der Waals surface area contributed by atoms with Crippen LogP contribution in [0.25, 0.3) is 12.2 Å². The lowest BCUT2D eigenvalue weighted by atomic mass is 9.76. The summed E-state index contributed by atoms with van der Waals surface area (Å²) in [6, 6.07) is 5.61. The zero-order chi connectivity index (χ0) is 17.3. The largest absolute Gasteiger partial charge is 0.493 e. The molecule has 1 aromatic carbocycles. The highest BCUT2D eigenvalue weighted by atomic mass is 16.5. The fraction of sp³-hybridized carbons (Fsp3) is 0.368. The summed E-state index contributed by atoms with van der Waals surface area (Å²) in [6.07, 6.45) is 4.92. The van der Waals surface area contributed by atoms with Crippen molar-refractivity contribution < 1.29 is 18.8 Å². The molecule has 5 heteroatoms. The number of aromatic nitrogens is 1. The molecule has 1 aromatic heterocycles. The average molecular weight is 327 g/mol. The number of ketones is 1. The minimum absolute atomic E-state index is 0.0642. The summed E-state index contributed by atoms with van der Waals surface area (Å²) in [7, 11) is 3.19. The number of Topliss-reactive ketones (excluding diaryl/α,β-unsaturated/α-hetero) is 1. The molecule has 0 bridgehead atoms. The molecule has 0 saturated heterocycles. The van der Waals surface area contributed by atoms with E-state index in [0.717, 1.165) is 17.7 Å². The van der Waals surface area contributed by atoms with E-state index in [2.05, 4.69) is 19.0 Å². The van der Waals surface area contributed by atoms with Crippen LogP contribution in [0.15, 0.2) is 22.7 Å². The van der Waals surface area contributed by atoms with Crippen molar-refractivity contribution in [3.8, 4) is 11.5 Å². The maximum atomic E-state index is 12.4. The molecule has 1 aliphatic carbocycles. The van der Waals surface area contributed by atoms with Gasteiger partial charge in [0, 0.05) is 6.42 Å². The Balaban J connectivity index is 1.89. The van der Waals surface area contributed by atoms with Gasteiger partial charge in [0.25, 0.3) is 0 Å². The number of nitrogens with zero attached hydrogens (tertiary/aromatic N) is 1. The lowest BCUT2D eigenvalue weighted by Gasteiger charge is -2.26. The second-order valence-electron chi connectivity index (χ2n) is 6.76. The maximum absolute atomic E-state index is 12.4. The van der Waals surface area contributed by atoms with E-state index < -0.39 is 0 Å². The number of hydrogen-bond acceptors (Lipinski definition) is 5. The summed E-state index contributed by atoms with van der Waals surface area (Å²) in [5.74, 6) is 1.93. The van der Waals surface area contributed by atoms with Gasteiger partial charge in [0.2, 0.25) is 0 Å². The Bertz CT molecular complexity index is 802. The summed E-state index contributed by atoms with van der Waals surface area (Å²) < 4.78 is 15.9. The van der Waals surface area contributed by atoms with Gasteiger partial charge in [-0.1, -0.05) is 31.1 Å². The molecule has 2 aromatic rings. The van der Waals surface area contributed by atoms with Gasteiger partial charge in [-0.05, 0) is 35.6 Å². The van der Waals surface area contributed by atoms with Crippen LogP contribution in [-0.2, 0) is 6.42 Å². The van der Waals surface area contributed by atoms with Crippen LogP contribution in [0.3, 0.4) is 0 Å². The molecule has 0 aliphatic heterocycles. The smallest absolute Gasteiger partial charge is 0.170 e. The van der Waals surface area contributed by atoms with E-state index >= 15 is 0 Å². The van der Waals surface area contributed by atoms with Gasteiger partial charge in [-0.15, -0.1) is 0 Å². The van der Waals surface area contributed by atoms with Crippen LogP contribution in [0.1, 0.15) is 47.6 Å². The Hall–Kier alpha value is -2.56. The number of fused-ring (bicyclic) bond motifs is 1. The van der Waals surface area contributed by atoms with Crippen molar-refractivity contribution in [1.29, 1.82) is 0 Å². The summed E-state index contributed by atoms with van der Waals surface area (Å²) >= 11 is 0. The Morgan fingerprint density at radius 1 is 1.12 bits per heavy atom. The molecule has 0 saturated carbocycles. The second-order valence-corrected chi connectivity index (χ2v) is 6.76. The first-order valence-electron chi connectivity index (χ1n) is 7.85. The molecule has 24 heavy (non-hydrogen) atoms. The first-order chi connectivity index (χ1) is 11.4. The average Bonchev–Trinajstić information content (AvgIpc) is 2.94. The van der Waals surface area contributed by atoms with E-state index in [1.807, 2.05) is 24.3 Å². The van der Waals surface area contributed by atoms with Crippen molar-refractivity contribution in [1.82, 2.24) is 5.16 Å². The SMILES string of the molecule is COc1ccc(/C=C/c2onc3c2C(=O)CC(C)(C)C3)cc1OC. The molecular formula is C19H21NO4. The van der Waals surface area contributed by atoms with Gasteiger partial charge >= 0.3 is 0 Å². The van der Waals surface area contributed by atoms with E-state index in [1.165, 1.54) is 0 Å². The molecular weight excluding hydrogens is 306 g/mol. The lowest BCUT2D eigenvalue weighted by molar-refractivity contribution is 0.0911. The van der Waals surface area contributed by atoms with Gasteiger partial charge < -0.3 is 14.0 Å². The normalized spacial score (nSPS) is 16.2. The van der Waals surface area contributed by atoms with E-state index in [-0.39, 0.29) is 11.2 Å². The number of carbonyl (C=O) groups excluding carboxylic acids is 1. The van der Waals surface area contributed by atoms with Gasteiger partial charge in [-0.25, -0.2) is 0 Å². The molecule has 5 nitrogen and oxygen atoms in total. The number of carbonyl (C=O) groups is 1. The van der Waals surface area contributed by atoms with Gasteiger partial charge in [-0.2, -0.15) is 0 Å². The Morgan fingerprint density at radius 2 is 1.88 bits per heavy atom. The highest BCUT2D eigenvalue weighted by Crippen LogP contribution is 2.36. The number of rotatable bonds is 4. The zero-order valence-electron chi connectivity index (χ0n) is 14.4. The Labute approximate surface area is 141 Å². The monoisotopic (exact) mass is 327 g/mol. The number of hydrogen-bond donors (Lipinski definition) is 0. The third-order valence-electron chi connectivity index (χ3n) is 4.19. The van der Waals surface area contributed by atoms with Gasteiger partial charge in [0.1, 0.15) is 0 Å². The van der Waals surface area contributed by atoms with Crippen molar-refractivity contribution in [2.75, 3.05) is 14.2 Å². The standard InChI is InChI=1S/C19H21NO4/c1-19(2)10-13-18(14(21)11-19)16(24-20-13)8-6-12-5-7-15(22-3)17(9-12)23-4/h5-9H,10-11H2,1-4H3/b8-6+. The van der Waals surface area contributed by atoms with Crippen LogP contribution in [0, 0.1) is 5.41 Å². The van der Waals surface area contributed by atoms with Crippen LogP contribution in [-0.4, -0.2) is 25.2 Å². The second kappa shape index (κ2) is 6.15. The molecule has 0 N–H and O–H groups in total. The van der Waals surface area contributed by atoms with Gasteiger partial charge in [-0.3, -0.25) is 4.79 Å². The van der Waals surface area contributed by atoms with E-state index in [4.69, 9.17) is 14.0 Å². The van der Waals surface area contributed by atoms with Crippen LogP contribution < -0.4 is 9.47 Å². The third-order valence-corrected chi connectivity index (χ3v) is 4.19. The molecule has 0 fully saturated rings. The van der Waals surface area contributed by atoms with E-state index in [1.54, 1.807) is 20.3 Å². The summed E-state index contributed by atoms with van der Waals surface area (Å²) in [6.45, 7) is 4.14. The third kappa shape index (κ3) is 3.07. The predicted octanol–water partition coefficient (Wildman–Crippen LogP) is 4.02. The Morgan fingerprint density at radius 3 is 2.58 bits per heavy atom. The van der Waals surface area contributed by atoms with Gasteiger partial charge in [0.05, 0.1) is 25.5 Å². The van der Waals surface area contributed by atoms with Crippen molar-refractivity contribution >= 4 is 17.9 Å². The van der Waals surface area contributed by atoms with Crippen molar-refractivity contribution in [3.63, 3.8) is 0 Å². The molecule has 126 valence electrons. The predicted molar refractivity (Wildman–Crippen MR) is 91.4 cm³/mol. The number of benzene rings is 1. The molecule has 0 amide bonds. The Kier molecular flexibility index (Phi) is 4.18. The zero-order valence-corrected chi connectivity index (χ0v) is 14.4. The fourth-order valence-corrected chi connectivity index (χ4v) is 3.04. The molecule has 3 rings (SSSR count). The molecule has 1 aliphatic rings. The first kappa shape index (κ1) is 16.3. The molecule has 0 atom stereocenters. The molecule has 0 spiro atoms. The lowest BCUT2D eigenvalue weighted by Crippen LogP contribution is -2.26. The van der Waals surface area contributed by atoms with Crippen molar-refractivity contribution in [2.24, 2.45) is 5.41 Å². The fourth-order valence-electron chi connectivity index (χ4n) is 3.04. The highest BCUT2D eigenvalue weighted by Gasteiger charge is 2.35. The minimum atomic E-state index is -0.0642. The van der Waals surface area contributed by atoms with Crippen molar-refractivity contribution in [3.05, 3.63) is 40.8 Å². The summed E-state index contributed by atoms with van der Waals surface area (Å²) in [5, 5.41) is 4.08. The minimum Gasteiger partial charge on any atom is -0.493 e. The van der Waals surface area contributed by atoms with Crippen LogP contribution in [0.5, 0.6) is 11.5 Å². The van der Waals surface area contributed by atoms with E-state index in [9.17, 15) is 4.79 Å². The van der Waals surface area contributed by atoms with Crippen molar-refractivity contribution in [2.45, 2.75) is 26.7 Å². The summed E-state index contributed by atoms with van der Waals surface area (Å²) in [4.78, 5) is 12.4. The molecule has 0 unspecified atom stereocenters. The first-order valence-corrected chi connectivity index (χ1v) is 7.85. The van der Waals surface area contributed by atoms with Crippen LogP contribution in [0.4, 0.5) is 0 Å².